The van der Waals surface area contributed by atoms with Crippen LogP contribution in [-0.4, -0.2) is 19.6 Å². The van der Waals surface area contributed by atoms with Gasteiger partial charge in [0.25, 0.3) is 5.56 Å². The van der Waals surface area contributed by atoms with Gasteiger partial charge in [0, 0.05) is 31.3 Å². The zero-order valence-corrected chi connectivity index (χ0v) is 21.3. The molecule has 0 amide bonds. The minimum absolute atomic E-state index is 0.152. The van der Waals surface area contributed by atoms with Gasteiger partial charge in [-0.1, -0.05) is 44.5 Å². The van der Waals surface area contributed by atoms with Gasteiger partial charge in [0.05, 0.1) is 11.6 Å². The van der Waals surface area contributed by atoms with Crippen LogP contribution in [0.25, 0.3) is 11.1 Å². The number of hydrogen-bond donors (Lipinski definition) is 1. The van der Waals surface area contributed by atoms with Crippen LogP contribution in [0.3, 0.4) is 0 Å². The van der Waals surface area contributed by atoms with Crippen molar-refractivity contribution in [1.29, 1.82) is 0 Å². The quantitative estimate of drug-likeness (QED) is 0.282. The first kappa shape index (κ1) is 26.2. The van der Waals surface area contributed by atoms with Gasteiger partial charge in [-0.05, 0) is 65.8 Å². The predicted octanol–water partition coefficient (Wildman–Crippen LogP) is 6.53. The Kier molecular flexibility index (Phi) is 8.11. The van der Waals surface area contributed by atoms with Crippen molar-refractivity contribution in [3.05, 3.63) is 111 Å². The lowest BCUT2D eigenvalue weighted by Crippen LogP contribution is -2.32. The molecule has 0 radical (unpaired) electrons. The van der Waals surface area contributed by atoms with E-state index in [2.05, 4.69) is 9.97 Å². The highest BCUT2D eigenvalue weighted by Gasteiger charge is 2.23. The molecule has 0 aliphatic carbocycles. The molecule has 2 heterocycles. The molecule has 0 fully saturated rings. The summed E-state index contributed by atoms with van der Waals surface area (Å²) in [7, 11) is 0. The first-order chi connectivity index (χ1) is 17.8. The van der Waals surface area contributed by atoms with Crippen molar-refractivity contribution in [3.63, 3.8) is 0 Å². The molecule has 4 aromatic rings. The molecule has 0 bridgehead atoms. The predicted molar refractivity (Wildman–Crippen MR) is 141 cm³/mol. The number of hydrogen-bond acceptors (Lipinski definition) is 4. The van der Waals surface area contributed by atoms with Gasteiger partial charge in [0.1, 0.15) is 17.5 Å². The van der Waals surface area contributed by atoms with Gasteiger partial charge in [-0.2, -0.15) is 4.98 Å². The van der Waals surface area contributed by atoms with Crippen molar-refractivity contribution in [2.24, 2.45) is 0 Å². The number of aromatic nitrogens is 3. The highest BCUT2D eigenvalue weighted by Crippen LogP contribution is 2.28. The van der Waals surface area contributed by atoms with Crippen LogP contribution in [0.4, 0.5) is 8.78 Å². The number of pyridine rings is 1. The molecule has 37 heavy (non-hydrogen) atoms. The molecule has 4 rings (SSSR count). The molecule has 0 saturated carbocycles. The fourth-order valence-corrected chi connectivity index (χ4v) is 4.77. The van der Waals surface area contributed by atoms with Crippen LogP contribution in [0.1, 0.15) is 67.2 Å². The third-order valence-electron chi connectivity index (χ3n) is 6.62. The van der Waals surface area contributed by atoms with Crippen LogP contribution < -0.4 is 5.56 Å². The fraction of sp³-hybridized carbons (Fsp3) is 0.300. The molecule has 2 aromatic carbocycles. The minimum atomic E-state index is -0.702. The summed E-state index contributed by atoms with van der Waals surface area (Å²) in [6.07, 6.45) is 6.20. The van der Waals surface area contributed by atoms with E-state index in [-0.39, 0.29) is 17.9 Å². The molecular weight excluding hydrogens is 472 g/mol. The van der Waals surface area contributed by atoms with Gasteiger partial charge in [0.2, 0.25) is 5.88 Å². The third-order valence-corrected chi connectivity index (χ3v) is 6.62. The Labute approximate surface area is 215 Å². The maximum Gasteiger partial charge on any atom is 0.261 e. The van der Waals surface area contributed by atoms with Crippen LogP contribution >= 0.6 is 0 Å². The summed E-state index contributed by atoms with van der Waals surface area (Å²) >= 11 is 0. The SMILES string of the molecule is CCCCc1nc(O)c(Cc2cccc(-c3ccncc3C)c2)c(=O)n1C(CC)c1cc(F)cc(F)c1. The first-order valence-electron chi connectivity index (χ1n) is 12.6. The average Bonchev–Trinajstić information content (AvgIpc) is 2.87. The fourth-order valence-electron chi connectivity index (χ4n) is 4.77. The monoisotopic (exact) mass is 503 g/mol. The maximum atomic E-state index is 14.1. The lowest BCUT2D eigenvalue weighted by molar-refractivity contribution is 0.419. The number of unbranched alkanes of at least 4 members (excludes halogenated alkanes) is 1. The summed E-state index contributed by atoms with van der Waals surface area (Å²) in [5, 5.41) is 10.8. The van der Waals surface area contributed by atoms with Gasteiger partial charge < -0.3 is 5.11 Å². The Bertz CT molecular complexity index is 1450. The molecule has 1 N–H and O–H groups in total. The van der Waals surface area contributed by atoms with E-state index in [1.165, 1.54) is 16.7 Å². The molecule has 0 spiro atoms. The Balaban J connectivity index is 1.82. The first-order valence-corrected chi connectivity index (χ1v) is 12.6. The van der Waals surface area contributed by atoms with E-state index in [9.17, 15) is 18.7 Å². The van der Waals surface area contributed by atoms with Crippen LogP contribution in [-0.2, 0) is 12.8 Å². The van der Waals surface area contributed by atoms with Crippen molar-refractivity contribution in [2.75, 3.05) is 0 Å². The number of benzene rings is 2. The number of nitrogens with zero attached hydrogens (tertiary/aromatic N) is 3. The van der Waals surface area contributed by atoms with Crippen molar-refractivity contribution >= 4 is 0 Å². The Hall–Kier alpha value is -3.87. The number of halogens is 2. The summed E-state index contributed by atoms with van der Waals surface area (Å²) in [5.74, 6) is -1.30. The van der Waals surface area contributed by atoms with Crippen LogP contribution in [0, 0.1) is 18.6 Å². The molecule has 1 atom stereocenters. The summed E-state index contributed by atoms with van der Waals surface area (Å²) in [4.78, 5) is 22.5. The number of aryl methyl sites for hydroxylation is 2. The Morgan fingerprint density at radius 2 is 1.81 bits per heavy atom. The smallest absolute Gasteiger partial charge is 0.261 e. The number of rotatable bonds is 9. The lowest BCUT2D eigenvalue weighted by Gasteiger charge is -2.23. The normalized spacial score (nSPS) is 12.0. The molecule has 7 heteroatoms. The summed E-state index contributed by atoms with van der Waals surface area (Å²) < 4.78 is 29.7. The standard InChI is InChI=1S/C30H31F2N3O2/c1-4-6-10-28-34-29(36)26(14-20-8-7-9-21(13-20)25-11-12-33-18-19(25)3)30(37)35(28)27(5-2)22-15-23(31)17-24(32)16-22/h7-9,11-13,15-18,27,36H,4-6,10,14H2,1-3H3. The third kappa shape index (κ3) is 5.77. The molecule has 5 nitrogen and oxygen atoms in total. The van der Waals surface area contributed by atoms with E-state index in [1.807, 2.05) is 51.1 Å². The Morgan fingerprint density at radius 3 is 2.49 bits per heavy atom. The highest BCUT2D eigenvalue weighted by atomic mass is 19.1. The van der Waals surface area contributed by atoms with Crippen LogP contribution in [0.5, 0.6) is 5.88 Å². The second-order valence-electron chi connectivity index (χ2n) is 9.30. The van der Waals surface area contributed by atoms with Crippen LogP contribution in [0.2, 0.25) is 0 Å². The molecule has 0 aliphatic heterocycles. The van der Waals surface area contributed by atoms with Gasteiger partial charge in [-0.25, -0.2) is 8.78 Å². The van der Waals surface area contributed by atoms with E-state index in [1.54, 1.807) is 12.4 Å². The zero-order chi connectivity index (χ0) is 26.5. The average molecular weight is 504 g/mol. The summed E-state index contributed by atoms with van der Waals surface area (Å²) in [6, 6.07) is 12.4. The highest BCUT2D eigenvalue weighted by molar-refractivity contribution is 5.67. The van der Waals surface area contributed by atoms with E-state index >= 15 is 0 Å². The molecular formula is C30H31F2N3O2. The van der Waals surface area contributed by atoms with Crippen molar-refractivity contribution in [1.82, 2.24) is 14.5 Å². The van der Waals surface area contributed by atoms with Crippen molar-refractivity contribution in [2.45, 2.75) is 58.9 Å². The van der Waals surface area contributed by atoms with Gasteiger partial charge in [-0.3, -0.25) is 14.3 Å². The Morgan fingerprint density at radius 1 is 1.05 bits per heavy atom. The van der Waals surface area contributed by atoms with Crippen molar-refractivity contribution in [3.8, 4) is 17.0 Å². The molecule has 192 valence electrons. The molecule has 1 unspecified atom stereocenters. The maximum absolute atomic E-state index is 14.1. The molecule has 0 saturated heterocycles. The van der Waals surface area contributed by atoms with Crippen molar-refractivity contribution < 1.29 is 13.9 Å². The second kappa shape index (κ2) is 11.5. The molecule has 2 aromatic heterocycles. The summed E-state index contributed by atoms with van der Waals surface area (Å²) in [6.45, 7) is 5.86. The topological polar surface area (TPSA) is 68.0 Å². The number of aromatic hydroxyl groups is 1. The zero-order valence-electron chi connectivity index (χ0n) is 21.3. The van der Waals surface area contributed by atoms with E-state index in [0.29, 0.717) is 24.2 Å². The summed E-state index contributed by atoms with van der Waals surface area (Å²) in [5.41, 5.74) is 3.98. The largest absolute Gasteiger partial charge is 0.493 e. The van der Waals surface area contributed by atoms with Gasteiger partial charge in [-0.15, -0.1) is 0 Å². The van der Waals surface area contributed by atoms with Gasteiger partial charge in [0.15, 0.2) is 0 Å². The van der Waals surface area contributed by atoms with E-state index < -0.39 is 23.2 Å². The minimum Gasteiger partial charge on any atom is -0.493 e. The van der Waals surface area contributed by atoms with E-state index in [0.717, 1.165) is 41.2 Å². The second-order valence-corrected chi connectivity index (χ2v) is 9.30. The molecule has 0 aliphatic rings. The van der Waals surface area contributed by atoms with E-state index in [4.69, 9.17) is 0 Å². The van der Waals surface area contributed by atoms with Crippen LogP contribution in [0.15, 0.2) is 65.7 Å². The van der Waals surface area contributed by atoms with Gasteiger partial charge >= 0.3 is 0 Å². The lowest BCUT2D eigenvalue weighted by atomic mass is 9.98.